The summed E-state index contributed by atoms with van der Waals surface area (Å²) in [6, 6.07) is 1.24. The van der Waals surface area contributed by atoms with Crippen LogP contribution in [0.15, 0.2) is 0 Å². The number of aliphatic hydroxyl groups is 1. The molecule has 10 heteroatoms. The number of nitrogens with zero attached hydrogens (tertiary/aromatic N) is 2. The molecule has 5 saturated carbocycles. The highest BCUT2D eigenvalue weighted by atomic mass is 16.7. The number of piperidine rings is 1. The number of morpholine rings is 1. The molecule has 4 aliphatic heterocycles. The van der Waals surface area contributed by atoms with E-state index in [2.05, 4.69) is 44.4 Å². The summed E-state index contributed by atoms with van der Waals surface area (Å²) in [5.41, 5.74) is -1.41. The first kappa shape index (κ1) is 38.4. The first-order valence-electron chi connectivity index (χ1n) is 21.9. The Morgan fingerprint density at radius 1 is 0.926 bits per heavy atom. The lowest BCUT2D eigenvalue weighted by Crippen LogP contribution is -2.60. The highest BCUT2D eigenvalue weighted by Gasteiger charge is 2.85. The summed E-state index contributed by atoms with van der Waals surface area (Å²) in [7, 11) is 0. The number of fused-ring (bicyclic) bond motifs is 4. The molecular weight excluding hydrogens is 684 g/mol. The van der Waals surface area contributed by atoms with E-state index >= 15 is 4.79 Å². The van der Waals surface area contributed by atoms with Gasteiger partial charge in [-0.1, -0.05) is 34.6 Å². The van der Waals surface area contributed by atoms with Gasteiger partial charge in [-0.15, -0.1) is 0 Å². The summed E-state index contributed by atoms with van der Waals surface area (Å²) in [4.78, 5) is 32.5. The van der Waals surface area contributed by atoms with Crippen molar-refractivity contribution in [3.8, 4) is 0 Å². The van der Waals surface area contributed by atoms with E-state index in [1.807, 2.05) is 0 Å². The monoisotopic (exact) mass is 755 g/mol. The van der Waals surface area contributed by atoms with Crippen molar-refractivity contribution in [2.45, 2.75) is 168 Å². The number of ether oxygens (including phenoxy) is 5. The fourth-order valence-corrected chi connectivity index (χ4v) is 15.6. The maximum absolute atomic E-state index is 15.1. The normalized spacial score (nSPS) is 48.7. The Balaban J connectivity index is 0.895. The fraction of sp³-hybridized carbons (Fsp3) is 0.955. The highest BCUT2D eigenvalue weighted by molar-refractivity contribution is 5.93. The third-order valence-electron chi connectivity index (χ3n) is 18.4. The average molecular weight is 755 g/mol. The molecule has 0 aromatic carbocycles. The first-order valence-corrected chi connectivity index (χ1v) is 21.9. The van der Waals surface area contributed by atoms with Crippen LogP contribution in [0.25, 0.3) is 0 Å². The Kier molecular flexibility index (Phi) is 9.19. The van der Waals surface area contributed by atoms with Crippen molar-refractivity contribution in [2.75, 3.05) is 46.0 Å². The van der Waals surface area contributed by atoms with Crippen LogP contribution in [0.2, 0.25) is 0 Å². The maximum atomic E-state index is 15.1. The van der Waals surface area contributed by atoms with Gasteiger partial charge in [0, 0.05) is 50.5 Å². The molecule has 0 radical (unpaired) electrons. The summed E-state index contributed by atoms with van der Waals surface area (Å²) in [5, 5.41) is 11.1. The van der Waals surface area contributed by atoms with Crippen molar-refractivity contribution in [1.29, 1.82) is 0 Å². The third-order valence-corrected chi connectivity index (χ3v) is 18.4. The van der Waals surface area contributed by atoms with E-state index in [1.165, 1.54) is 52.1 Å². The van der Waals surface area contributed by atoms with E-state index in [9.17, 15) is 9.90 Å². The number of likely N-dealkylation sites (tertiary alicyclic amines) is 1. The lowest BCUT2D eigenvalue weighted by molar-refractivity contribution is -0.250. The molecule has 4 heterocycles. The van der Waals surface area contributed by atoms with Gasteiger partial charge in [0.25, 0.3) is 0 Å². The zero-order valence-corrected chi connectivity index (χ0v) is 34.6. The molecule has 304 valence electrons. The quantitative estimate of drug-likeness (QED) is 0.330. The fourth-order valence-electron chi connectivity index (χ4n) is 15.6. The molecular formula is C44H70N2O8. The van der Waals surface area contributed by atoms with E-state index in [4.69, 9.17) is 23.7 Å². The molecule has 9 aliphatic rings. The summed E-state index contributed by atoms with van der Waals surface area (Å²) in [5.74, 6) is 1.08. The zero-order valence-electron chi connectivity index (χ0n) is 34.6. The van der Waals surface area contributed by atoms with Gasteiger partial charge in [0.15, 0.2) is 18.2 Å². The van der Waals surface area contributed by atoms with Gasteiger partial charge >= 0.3 is 5.97 Å². The first-order chi connectivity index (χ1) is 25.5. The smallest absolute Gasteiger partial charge is 0.303 e. The van der Waals surface area contributed by atoms with Crippen LogP contribution >= 0.6 is 0 Å². The summed E-state index contributed by atoms with van der Waals surface area (Å²) < 4.78 is 31.4. The number of esters is 1. The Bertz CT molecular complexity index is 1490. The summed E-state index contributed by atoms with van der Waals surface area (Å²) in [6.07, 6.45) is 9.18. The molecule has 1 N–H and O–H groups in total. The lowest BCUT2D eigenvalue weighted by Gasteiger charge is -2.62. The van der Waals surface area contributed by atoms with E-state index in [0.717, 1.165) is 58.6 Å². The van der Waals surface area contributed by atoms with Gasteiger partial charge in [0.2, 0.25) is 0 Å². The molecule has 0 bridgehead atoms. The van der Waals surface area contributed by atoms with Crippen molar-refractivity contribution < 1.29 is 38.4 Å². The molecule has 9 fully saturated rings. The second-order valence-electron chi connectivity index (χ2n) is 21.4. The van der Waals surface area contributed by atoms with Gasteiger partial charge in [-0.3, -0.25) is 19.4 Å². The van der Waals surface area contributed by atoms with Gasteiger partial charge in [-0.05, 0) is 117 Å². The average Bonchev–Trinajstić information content (AvgIpc) is 3.72. The van der Waals surface area contributed by atoms with Gasteiger partial charge in [0.1, 0.15) is 6.10 Å². The van der Waals surface area contributed by atoms with Crippen molar-refractivity contribution >= 4 is 11.8 Å². The molecule has 0 aromatic rings. The minimum atomic E-state index is -1.28. The largest absolute Gasteiger partial charge is 0.457 e. The van der Waals surface area contributed by atoms with Crippen molar-refractivity contribution in [3.63, 3.8) is 0 Å². The second kappa shape index (κ2) is 12.9. The molecule has 1 unspecified atom stereocenters. The number of carbonyl (C=O) groups is 2. The van der Waals surface area contributed by atoms with Crippen molar-refractivity contribution in [2.24, 2.45) is 50.7 Å². The molecule has 5 aliphatic carbocycles. The molecule has 54 heavy (non-hydrogen) atoms. The predicted molar refractivity (Wildman–Crippen MR) is 202 cm³/mol. The van der Waals surface area contributed by atoms with Crippen LogP contribution in [-0.4, -0.2) is 121 Å². The predicted octanol–water partition coefficient (Wildman–Crippen LogP) is 5.62. The minimum absolute atomic E-state index is 0.0253. The SMILES string of the molecule is CC(=O)O[C@@H]([C@H]1C[C@@H](C)[C@H]2[C@H](O1)C(=O)[C@@]1(C)[C@@H]3CC[C@H]4C(C)(C)[C@@H](O[C@H]5CN(C6CCN(C7COC7)CC6)CCO5)CCC45C[C@@]35CC[C@]21C)C(C)(C)O. The number of rotatable bonds is 7. The maximum Gasteiger partial charge on any atom is 0.303 e. The number of hydrogen-bond acceptors (Lipinski definition) is 10. The molecule has 13 atom stereocenters. The van der Waals surface area contributed by atoms with E-state index in [0.29, 0.717) is 30.3 Å². The Labute approximate surface area is 324 Å². The van der Waals surface area contributed by atoms with Crippen LogP contribution in [0.4, 0.5) is 0 Å². The highest BCUT2D eigenvalue weighted by Crippen LogP contribution is 2.89. The molecule has 9 rings (SSSR count). The molecule has 4 saturated heterocycles. The van der Waals surface area contributed by atoms with Crippen molar-refractivity contribution in [1.82, 2.24) is 9.80 Å². The van der Waals surface area contributed by atoms with Crippen molar-refractivity contribution in [3.05, 3.63) is 0 Å². The van der Waals surface area contributed by atoms with Gasteiger partial charge < -0.3 is 28.8 Å². The lowest BCUT2D eigenvalue weighted by atomic mass is 9.41. The Morgan fingerprint density at radius 3 is 2.30 bits per heavy atom. The van der Waals surface area contributed by atoms with E-state index < -0.39 is 35.3 Å². The second-order valence-corrected chi connectivity index (χ2v) is 21.4. The van der Waals surface area contributed by atoms with Crippen LogP contribution < -0.4 is 0 Å². The van der Waals surface area contributed by atoms with Gasteiger partial charge in [-0.2, -0.15) is 0 Å². The molecule has 10 nitrogen and oxygen atoms in total. The van der Waals surface area contributed by atoms with E-state index in [-0.39, 0.29) is 51.7 Å². The third kappa shape index (κ3) is 5.41. The van der Waals surface area contributed by atoms with Crippen LogP contribution in [0.1, 0.15) is 120 Å². The number of hydrogen-bond donors (Lipinski definition) is 1. The number of Topliss-reactive ketones (excluding diaryl/α,β-unsaturated/α-hetero) is 1. The van der Waals surface area contributed by atoms with E-state index in [1.54, 1.807) is 13.8 Å². The Hall–Kier alpha value is -1.14. The van der Waals surface area contributed by atoms with Crippen LogP contribution in [-0.2, 0) is 33.3 Å². The van der Waals surface area contributed by atoms with Crippen LogP contribution in [0, 0.1) is 50.7 Å². The molecule has 0 amide bonds. The summed E-state index contributed by atoms with van der Waals surface area (Å²) in [6.45, 7) is 23.4. The Morgan fingerprint density at radius 2 is 1.63 bits per heavy atom. The molecule has 0 aromatic heterocycles. The van der Waals surface area contributed by atoms with Crippen LogP contribution in [0.3, 0.4) is 0 Å². The minimum Gasteiger partial charge on any atom is -0.457 e. The number of ketones is 1. The standard InChI is InChI=1S/C44H70N2O8/c1-26-21-30(38(40(5,6)49)52-27(2)47)53-36-35(26)41(7)15-16-44-25-43(44)14-11-33(39(3,4)31(43)9-10-32(44)42(41,8)37(36)48)54-34-22-46(19-20-51-34)28-12-17-45(18-13-28)29-23-50-24-29/h26,28-36,38,49H,9-25H2,1-8H3/t26-,30-,31+,32+,33+,34+,35+,36+,38+,41-,42-,43?,44+/m1/s1. The zero-order chi connectivity index (χ0) is 38.2. The van der Waals surface area contributed by atoms with Gasteiger partial charge in [0.05, 0.1) is 43.7 Å². The number of carbonyl (C=O) groups excluding carboxylic acids is 2. The van der Waals surface area contributed by atoms with Gasteiger partial charge in [-0.25, -0.2) is 0 Å². The summed E-state index contributed by atoms with van der Waals surface area (Å²) >= 11 is 0. The molecule has 2 spiro atoms. The topological polar surface area (TPSA) is 107 Å². The van der Waals surface area contributed by atoms with Crippen LogP contribution in [0.5, 0.6) is 0 Å².